The number of thioether (sulfide) groups is 1. The molecular weight excluding hydrogens is 178 g/mol. The smallest absolute Gasteiger partial charge is 0.0363 e. The average molecular weight is 195 g/mol. The Hall–Kier alpha value is -0.630. The number of benzene rings is 1. The molecule has 0 atom stereocenters. The van der Waals surface area contributed by atoms with Gasteiger partial charge in [0.25, 0.3) is 0 Å². The van der Waals surface area contributed by atoms with Gasteiger partial charge in [0, 0.05) is 25.0 Å². The fourth-order valence-electron chi connectivity index (χ4n) is 1.20. The first-order chi connectivity index (χ1) is 6.27. The summed E-state index contributed by atoms with van der Waals surface area (Å²) in [6, 6.07) is 8.79. The highest BCUT2D eigenvalue weighted by Crippen LogP contribution is 2.15. The molecular formula is C11H17NS. The van der Waals surface area contributed by atoms with Crippen LogP contribution >= 0.6 is 11.8 Å². The zero-order valence-electron chi connectivity index (χ0n) is 8.58. The van der Waals surface area contributed by atoms with Gasteiger partial charge in [-0.05, 0) is 30.9 Å². The summed E-state index contributed by atoms with van der Waals surface area (Å²) >= 11 is 1.86. The van der Waals surface area contributed by atoms with Gasteiger partial charge >= 0.3 is 0 Å². The molecule has 0 unspecified atom stereocenters. The van der Waals surface area contributed by atoms with Gasteiger partial charge in [0.1, 0.15) is 0 Å². The maximum absolute atomic E-state index is 2.24. The van der Waals surface area contributed by atoms with E-state index in [0.717, 1.165) is 12.3 Å². The summed E-state index contributed by atoms with van der Waals surface area (Å²) in [5.74, 6) is 1.11. The Bertz CT molecular complexity index is 243. The molecule has 1 nitrogen and oxygen atoms in total. The number of hydrogen-bond donors (Lipinski definition) is 0. The summed E-state index contributed by atoms with van der Waals surface area (Å²) in [5, 5.41) is 0. The lowest BCUT2D eigenvalue weighted by Gasteiger charge is -2.16. The van der Waals surface area contributed by atoms with Gasteiger partial charge in [-0.15, -0.1) is 0 Å². The predicted molar refractivity (Wildman–Crippen MR) is 62.6 cm³/mol. The van der Waals surface area contributed by atoms with Crippen LogP contribution in [0.4, 0.5) is 5.69 Å². The molecule has 0 aliphatic heterocycles. The summed E-state index contributed by atoms with van der Waals surface area (Å²) in [5.41, 5.74) is 2.70. The Morgan fingerprint density at radius 2 is 1.85 bits per heavy atom. The first-order valence-corrected chi connectivity index (χ1v) is 5.96. The SMILES string of the molecule is CCN(C)c1ccc(CSC)cc1. The fraction of sp³-hybridized carbons (Fsp3) is 0.455. The third kappa shape index (κ3) is 2.96. The van der Waals surface area contributed by atoms with E-state index in [1.54, 1.807) is 0 Å². The normalized spacial score (nSPS) is 10.1. The molecule has 1 aromatic carbocycles. The Labute approximate surface area is 85.1 Å². The van der Waals surface area contributed by atoms with Crippen LogP contribution in [0.3, 0.4) is 0 Å². The minimum Gasteiger partial charge on any atom is -0.375 e. The predicted octanol–water partition coefficient (Wildman–Crippen LogP) is 3.01. The number of anilines is 1. The number of nitrogens with zero attached hydrogens (tertiary/aromatic N) is 1. The molecule has 0 spiro atoms. The van der Waals surface area contributed by atoms with Crippen molar-refractivity contribution in [1.82, 2.24) is 0 Å². The van der Waals surface area contributed by atoms with Crippen LogP contribution in [-0.4, -0.2) is 19.8 Å². The van der Waals surface area contributed by atoms with Crippen molar-refractivity contribution in [2.75, 3.05) is 24.7 Å². The van der Waals surface area contributed by atoms with Gasteiger partial charge in [0.2, 0.25) is 0 Å². The highest BCUT2D eigenvalue weighted by Gasteiger charge is 1.97. The second-order valence-electron chi connectivity index (χ2n) is 3.11. The van der Waals surface area contributed by atoms with Gasteiger partial charge in [-0.1, -0.05) is 12.1 Å². The van der Waals surface area contributed by atoms with E-state index in [1.807, 2.05) is 11.8 Å². The van der Waals surface area contributed by atoms with Gasteiger partial charge < -0.3 is 4.90 Å². The summed E-state index contributed by atoms with van der Waals surface area (Å²) in [4.78, 5) is 2.24. The monoisotopic (exact) mass is 195 g/mol. The molecule has 1 aromatic rings. The van der Waals surface area contributed by atoms with Crippen molar-refractivity contribution < 1.29 is 0 Å². The third-order valence-corrected chi connectivity index (χ3v) is 2.78. The maximum atomic E-state index is 2.24. The van der Waals surface area contributed by atoms with E-state index < -0.39 is 0 Å². The lowest BCUT2D eigenvalue weighted by atomic mass is 10.2. The molecule has 0 amide bonds. The largest absolute Gasteiger partial charge is 0.375 e. The summed E-state index contributed by atoms with van der Waals surface area (Å²) in [7, 11) is 2.11. The summed E-state index contributed by atoms with van der Waals surface area (Å²) in [6.07, 6.45) is 2.13. The van der Waals surface area contributed by atoms with Crippen LogP contribution in [0.5, 0.6) is 0 Å². The van der Waals surface area contributed by atoms with Crippen LogP contribution in [0.25, 0.3) is 0 Å². The number of rotatable bonds is 4. The molecule has 13 heavy (non-hydrogen) atoms. The molecule has 0 saturated heterocycles. The van der Waals surface area contributed by atoms with Gasteiger partial charge in [-0.3, -0.25) is 0 Å². The Balaban J connectivity index is 2.69. The molecule has 0 heterocycles. The minimum absolute atomic E-state index is 1.06. The van der Waals surface area contributed by atoms with E-state index in [1.165, 1.54) is 11.3 Å². The van der Waals surface area contributed by atoms with Gasteiger partial charge in [0.05, 0.1) is 0 Å². The Morgan fingerprint density at radius 3 is 2.31 bits per heavy atom. The molecule has 0 radical (unpaired) electrons. The van der Waals surface area contributed by atoms with Crippen molar-refractivity contribution >= 4 is 17.4 Å². The molecule has 0 N–H and O–H groups in total. The average Bonchev–Trinajstić information content (AvgIpc) is 2.18. The second kappa shape index (κ2) is 5.18. The van der Waals surface area contributed by atoms with Gasteiger partial charge in [-0.25, -0.2) is 0 Å². The molecule has 0 fully saturated rings. The highest BCUT2D eigenvalue weighted by molar-refractivity contribution is 7.97. The first-order valence-electron chi connectivity index (χ1n) is 4.57. The molecule has 0 aromatic heterocycles. The van der Waals surface area contributed by atoms with Crippen LogP contribution in [0.2, 0.25) is 0 Å². The summed E-state index contributed by atoms with van der Waals surface area (Å²) < 4.78 is 0. The molecule has 2 heteroatoms. The van der Waals surface area contributed by atoms with E-state index in [4.69, 9.17) is 0 Å². The standard InChI is InChI=1S/C11H17NS/c1-4-12(2)11-7-5-10(6-8-11)9-13-3/h5-8H,4,9H2,1-3H3. The molecule has 72 valence electrons. The minimum atomic E-state index is 1.06. The van der Waals surface area contributed by atoms with Crippen LogP contribution < -0.4 is 4.90 Å². The van der Waals surface area contributed by atoms with Crippen molar-refractivity contribution in [3.8, 4) is 0 Å². The van der Waals surface area contributed by atoms with Crippen molar-refractivity contribution in [2.45, 2.75) is 12.7 Å². The van der Waals surface area contributed by atoms with E-state index in [-0.39, 0.29) is 0 Å². The fourth-order valence-corrected chi connectivity index (χ4v) is 1.72. The van der Waals surface area contributed by atoms with Crippen molar-refractivity contribution in [1.29, 1.82) is 0 Å². The van der Waals surface area contributed by atoms with Gasteiger partial charge in [-0.2, -0.15) is 11.8 Å². The lowest BCUT2D eigenvalue weighted by molar-refractivity contribution is 0.967. The van der Waals surface area contributed by atoms with E-state index >= 15 is 0 Å². The van der Waals surface area contributed by atoms with E-state index in [0.29, 0.717) is 0 Å². The van der Waals surface area contributed by atoms with Crippen LogP contribution in [0.15, 0.2) is 24.3 Å². The van der Waals surface area contributed by atoms with Crippen molar-refractivity contribution in [2.24, 2.45) is 0 Å². The molecule has 0 aliphatic carbocycles. The highest BCUT2D eigenvalue weighted by atomic mass is 32.2. The van der Waals surface area contributed by atoms with E-state index in [9.17, 15) is 0 Å². The molecule has 0 saturated carbocycles. The van der Waals surface area contributed by atoms with Crippen LogP contribution in [0.1, 0.15) is 12.5 Å². The lowest BCUT2D eigenvalue weighted by Crippen LogP contribution is -2.15. The van der Waals surface area contributed by atoms with Gasteiger partial charge in [0.15, 0.2) is 0 Å². The van der Waals surface area contributed by atoms with E-state index in [2.05, 4.69) is 49.4 Å². The number of hydrogen-bond acceptors (Lipinski definition) is 2. The molecule has 1 rings (SSSR count). The van der Waals surface area contributed by atoms with Crippen molar-refractivity contribution in [3.05, 3.63) is 29.8 Å². The quantitative estimate of drug-likeness (QED) is 0.726. The van der Waals surface area contributed by atoms with Crippen LogP contribution in [-0.2, 0) is 5.75 Å². The Morgan fingerprint density at radius 1 is 1.23 bits per heavy atom. The topological polar surface area (TPSA) is 3.24 Å². The zero-order valence-corrected chi connectivity index (χ0v) is 9.40. The second-order valence-corrected chi connectivity index (χ2v) is 3.98. The maximum Gasteiger partial charge on any atom is 0.0363 e. The molecule has 0 aliphatic rings. The first kappa shape index (κ1) is 10.5. The zero-order chi connectivity index (χ0) is 9.68. The third-order valence-electron chi connectivity index (χ3n) is 2.16. The van der Waals surface area contributed by atoms with Crippen LogP contribution in [0, 0.1) is 0 Å². The summed E-state index contributed by atoms with van der Waals surface area (Å²) in [6.45, 7) is 3.22. The Kier molecular flexibility index (Phi) is 4.16. The van der Waals surface area contributed by atoms with Crippen molar-refractivity contribution in [3.63, 3.8) is 0 Å². The molecule has 0 bridgehead atoms.